The van der Waals surface area contributed by atoms with E-state index in [9.17, 15) is 22.3 Å². The van der Waals surface area contributed by atoms with Crippen molar-refractivity contribution in [1.82, 2.24) is 4.72 Å². The predicted molar refractivity (Wildman–Crippen MR) is 85.8 cm³/mol. The number of benzene rings is 2. The molecule has 4 nitrogen and oxygen atoms in total. The first-order valence-electron chi connectivity index (χ1n) is 7.46. The summed E-state index contributed by atoms with van der Waals surface area (Å²) in [6.45, 7) is -0.151. The van der Waals surface area contributed by atoms with Crippen LogP contribution in [0.5, 0.6) is 0 Å². The summed E-state index contributed by atoms with van der Waals surface area (Å²) >= 11 is 0. The Bertz CT molecular complexity index is 823. The number of hydrogen-bond acceptors (Lipinski definition) is 3. The number of rotatable bonds is 5. The summed E-state index contributed by atoms with van der Waals surface area (Å²) in [5.74, 6) is -2.21. The van der Waals surface area contributed by atoms with Gasteiger partial charge in [-0.15, -0.1) is 0 Å². The van der Waals surface area contributed by atoms with Crippen LogP contribution in [-0.4, -0.2) is 25.7 Å². The van der Waals surface area contributed by atoms with Crippen LogP contribution in [0, 0.1) is 11.6 Å². The first-order chi connectivity index (χ1) is 11.2. The van der Waals surface area contributed by atoms with Crippen molar-refractivity contribution in [3.8, 4) is 0 Å². The lowest BCUT2D eigenvalue weighted by Crippen LogP contribution is -2.43. The second kappa shape index (κ2) is 6.23. The van der Waals surface area contributed by atoms with E-state index in [2.05, 4.69) is 4.72 Å². The van der Waals surface area contributed by atoms with Crippen molar-refractivity contribution in [2.45, 2.75) is 24.2 Å². The Morgan fingerprint density at radius 3 is 2.12 bits per heavy atom. The Labute approximate surface area is 139 Å². The number of fused-ring (bicyclic) bond motifs is 1. The van der Waals surface area contributed by atoms with Gasteiger partial charge in [-0.05, 0) is 28.8 Å². The van der Waals surface area contributed by atoms with Gasteiger partial charge in [0.05, 0.1) is 11.4 Å². The molecule has 0 bridgehead atoms. The summed E-state index contributed by atoms with van der Waals surface area (Å²) in [7, 11) is -3.82. The maximum Gasteiger partial charge on any atom is 0.215 e. The van der Waals surface area contributed by atoms with E-state index in [0.29, 0.717) is 18.9 Å². The van der Waals surface area contributed by atoms with Crippen LogP contribution in [0.4, 0.5) is 8.78 Å². The monoisotopic (exact) mass is 353 g/mol. The lowest BCUT2D eigenvalue weighted by molar-refractivity contribution is 0.0567. The van der Waals surface area contributed by atoms with Crippen LogP contribution in [0.15, 0.2) is 42.5 Å². The van der Waals surface area contributed by atoms with Gasteiger partial charge in [0.15, 0.2) is 0 Å². The highest BCUT2D eigenvalue weighted by Crippen LogP contribution is 2.29. The van der Waals surface area contributed by atoms with E-state index in [1.807, 2.05) is 24.3 Å². The molecule has 0 unspecified atom stereocenters. The minimum absolute atomic E-state index is 0.0155. The van der Waals surface area contributed by atoms with Gasteiger partial charge in [-0.3, -0.25) is 0 Å². The molecule has 7 heteroatoms. The molecule has 3 rings (SSSR count). The molecule has 0 atom stereocenters. The SMILES string of the molecule is O=S(=O)(Cc1cc(F)cc(F)c1)NCC1(O)Cc2ccccc2C1. The van der Waals surface area contributed by atoms with E-state index in [-0.39, 0.29) is 12.1 Å². The van der Waals surface area contributed by atoms with Crippen LogP contribution >= 0.6 is 0 Å². The molecule has 0 aliphatic heterocycles. The fraction of sp³-hybridized carbons (Fsp3) is 0.294. The van der Waals surface area contributed by atoms with Gasteiger partial charge in [-0.25, -0.2) is 21.9 Å². The Balaban J connectivity index is 1.65. The maximum atomic E-state index is 13.2. The van der Waals surface area contributed by atoms with Crippen molar-refractivity contribution in [3.63, 3.8) is 0 Å². The van der Waals surface area contributed by atoms with Crippen LogP contribution in [0.1, 0.15) is 16.7 Å². The van der Waals surface area contributed by atoms with Crippen LogP contribution in [0.25, 0.3) is 0 Å². The Morgan fingerprint density at radius 1 is 1.04 bits per heavy atom. The molecule has 0 aromatic heterocycles. The standard InChI is InChI=1S/C17H17F2NO3S/c18-15-5-12(6-16(19)7-15)10-24(22,23)20-11-17(21)8-13-3-1-2-4-14(13)9-17/h1-7,20-21H,8-11H2. The zero-order valence-corrected chi connectivity index (χ0v) is 13.6. The molecule has 2 N–H and O–H groups in total. The van der Waals surface area contributed by atoms with Gasteiger partial charge in [0.1, 0.15) is 11.6 Å². The number of nitrogens with one attached hydrogen (secondary N) is 1. The topological polar surface area (TPSA) is 66.4 Å². The summed E-state index contributed by atoms with van der Waals surface area (Å²) in [6.07, 6.45) is 0.723. The number of sulfonamides is 1. The van der Waals surface area contributed by atoms with Crippen molar-refractivity contribution < 1.29 is 22.3 Å². The molecular formula is C17H17F2NO3S. The first kappa shape index (κ1) is 17.0. The van der Waals surface area contributed by atoms with Crippen molar-refractivity contribution in [2.24, 2.45) is 0 Å². The summed E-state index contributed by atoms with van der Waals surface area (Å²) < 4.78 is 52.9. The van der Waals surface area contributed by atoms with Crippen molar-refractivity contribution in [1.29, 1.82) is 0 Å². The number of aliphatic hydroxyl groups is 1. The molecule has 0 radical (unpaired) electrons. The number of halogens is 2. The number of hydrogen-bond donors (Lipinski definition) is 2. The molecule has 2 aromatic carbocycles. The second-order valence-corrected chi connectivity index (χ2v) is 8.01. The molecule has 0 saturated heterocycles. The van der Waals surface area contributed by atoms with E-state index in [1.165, 1.54) is 0 Å². The quantitative estimate of drug-likeness (QED) is 0.863. The average Bonchev–Trinajstić information content (AvgIpc) is 2.80. The Kier molecular flexibility index (Phi) is 4.42. The third kappa shape index (κ3) is 3.98. The molecule has 1 aliphatic carbocycles. The molecule has 0 amide bonds. The van der Waals surface area contributed by atoms with Crippen LogP contribution in [0.2, 0.25) is 0 Å². The molecule has 1 aliphatic rings. The van der Waals surface area contributed by atoms with E-state index in [4.69, 9.17) is 0 Å². The van der Waals surface area contributed by atoms with E-state index < -0.39 is 33.0 Å². The molecule has 0 heterocycles. The Morgan fingerprint density at radius 2 is 1.58 bits per heavy atom. The zero-order valence-electron chi connectivity index (χ0n) is 12.8. The molecule has 2 aromatic rings. The van der Waals surface area contributed by atoms with Gasteiger partial charge in [0.2, 0.25) is 10.0 Å². The smallest absolute Gasteiger partial charge is 0.215 e. The predicted octanol–water partition coefficient (Wildman–Crippen LogP) is 1.91. The van der Waals surface area contributed by atoms with Crippen molar-refractivity contribution >= 4 is 10.0 Å². The van der Waals surface area contributed by atoms with Crippen LogP contribution in [-0.2, 0) is 28.6 Å². The summed E-state index contributed by atoms with van der Waals surface area (Å²) in [5, 5.41) is 10.6. The van der Waals surface area contributed by atoms with E-state index in [1.54, 1.807) is 0 Å². The van der Waals surface area contributed by atoms with Gasteiger partial charge in [-0.2, -0.15) is 0 Å². The fourth-order valence-corrected chi connectivity index (χ4v) is 4.20. The fourth-order valence-electron chi connectivity index (χ4n) is 3.01. The molecule has 0 saturated carbocycles. The van der Waals surface area contributed by atoms with Gasteiger partial charge >= 0.3 is 0 Å². The van der Waals surface area contributed by atoms with E-state index in [0.717, 1.165) is 23.3 Å². The molecule has 0 spiro atoms. The van der Waals surface area contributed by atoms with E-state index >= 15 is 0 Å². The summed E-state index contributed by atoms with van der Waals surface area (Å²) in [6, 6.07) is 10.2. The third-order valence-corrected chi connectivity index (χ3v) is 5.36. The maximum absolute atomic E-state index is 13.2. The van der Waals surface area contributed by atoms with Gasteiger partial charge in [0.25, 0.3) is 0 Å². The van der Waals surface area contributed by atoms with Crippen LogP contribution < -0.4 is 4.72 Å². The highest BCUT2D eigenvalue weighted by molar-refractivity contribution is 7.88. The Hall–Kier alpha value is -1.83. The minimum Gasteiger partial charge on any atom is -0.388 e. The zero-order chi connectivity index (χ0) is 17.4. The molecular weight excluding hydrogens is 336 g/mol. The highest BCUT2D eigenvalue weighted by atomic mass is 32.2. The van der Waals surface area contributed by atoms with Crippen LogP contribution in [0.3, 0.4) is 0 Å². The average molecular weight is 353 g/mol. The third-order valence-electron chi connectivity index (χ3n) is 4.06. The normalized spacial score (nSPS) is 16.1. The minimum atomic E-state index is -3.82. The largest absolute Gasteiger partial charge is 0.388 e. The highest BCUT2D eigenvalue weighted by Gasteiger charge is 2.35. The van der Waals surface area contributed by atoms with Gasteiger partial charge in [-0.1, -0.05) is 24.3 Å². The lowest BCUT2D eigenvalue weighted by Gasteiger charge is -2.22. The van der Waals surface area contributed by atoms with Crippen molar-refractivity contribution in [2.75, 3.05) is 6.54 Å². The first-order valence-corrected chi connectivity index (χ1v) is 9.11. The summed E-state index contributed by atoms with van der Waals surface area (Å²) in [5.41, 5.74) is 0.809. The van der Waals surface area contributed by atoms with Gasteiger partial charge < -0.3 is 5.11 Å². The van der Waals surface area contributed by atoms with Crippen molar-refractivity contribution in [3.05, 3.63) is 70.8 Å². The molecule has 0 fully saturated rings. The second-order valence-electron chi connectivity index (χ2n) is 6.20. The molecule has 24 heavy (non-hydrogen) atoms. The lowest BCUT2D eigenvalue weighted by atomic mass is 10.0. The van der Waals surface area contributed by atoms with Gasteiger partial charge in [0, 0.05) is 25.5 Å². The molecule has 128 valence electrons. The summed E-state index contributed by atoms with van der Waals surface area (Å²) in [4.78, 5) is 0.